The fraction of sp³-hybridized carbons (Fsp3) is 0.421. The van der Waals surface area contributed by atoms with Crippen LogP contribution in [-0.2, 0) is 6.54 Å². The average molecular weight is 468 g/mol. The van der Waals surface area contributed by atoms with Crippen molar-refractivity contribution in [1.82, 2.24) is 24.8 Å². The zero-order valence-corrected chi connectivity index (χ0v) is 18.2. The van der Waals surface area contributed by atoms with E-state index in [1.165, 1.54) is 0 Å². The van der Waals surface area contributed by atoms with Crippen molar-refractivity contribution in [3.05, 3.63) is 54.8 Å². The summed E-state index contributed by atoms with van der Waals surface area (Å²) in [6.45, 7) is 10.2. The number of pyridine rings is 1. The van der Waals surface area contributed by atoms with Gasteiger partial charge in [0, 0.05) is 38.7 Å². The third-order valence-corrected chi connectivity index (χ3v) is 3.89. The summed E-state index contributed by atoms with van der Waals surface area (Å²) in [4.78, 5) is 15.6. The average Bonchev–Trinajstić information content (AvgIpc) is 3.05. The summed E-state index contributed by atoms with van der Waals surface area (Å²) in [7, 11) is 2.06. The zero-order valence-electron chi connectivity index (χ0n) is 15.9. The number of halogens is 1. The van der Waals surface area contributed by atoms with Gasteiger partial charge in [0.2, 0.25) is 0 Å². The summed E-state index contributed by atoms with van der Waals surface area (Å²) in [5.41, 5.74) is 1.08. The van der Waals surface area contributed by atoms with Crippen molar-refractivity contribution >= 4 is 29.9 Å². The van der Waals surface area contributed by atoms with Gasteiger partial charge in [-0.25, -0.2) is 15.0 Å². The van der Waals surface area contributed by atoms with Crippen LogP contribution in [0.4, 0.5) is 0 Å². The van der Waals surface area contributed by atoms with Crippen LogP contribution in [-0.4, -0.2) is 45.5 Å². The maximum absolute atomic E-state index is 4.72. The molecule has 0 saturated heterocycles. The van der Waals surface area contributed by atoms with Gasteiger partial charge in [-0.2, -0.15) is 0 Å². The first kappa shape index (κ1) is 22.1. The number of rotatable bonds is 8. The van der Waals surface area contributed by atoms with Gasteiger partial charge in [0.1, 0.15) is 11.6 Å². The number of hydrogen-bond donors (Lipinski definition) is 1. The second-order valence-electron chi connectivity index (χ2n) is 5.89. The Morgan fingerprint density at radius 3 is 2.77 bits per heavy atom. The highest BCUT2D eigenvalue weighted by atomic mass is 127. The van der Waals surface area contributed by atoms with E-state index in [1.54, 1.807) is 6.20 Å². The number of nitrogens with one attached hydrogen (secondary N) is 1. The molecular formula is C19H29IN6. The van der Waals surface area contributed by atoms with Crippen LogP contribution in [0.15, 0.2) is 48.4 Å². The molecule has 0 atom stereocenters. The molecule has 142 valence electrons. The Hall–Kier alpha value is -1.90. The molecule has 6 nitrogen and oxygen atoms in total. The van der Waals surface area contributed by atoms with Gasteiger partial charge in [0.25, 0.3) is 0 Å². The van der Waals surface area contributed by atoms with Crippen LogP contribution in [0.1, 0.15) is 31.2 Å². The topological polar surface area (TPSA) is 58.3 Å². The predicted molar refractivity (Wildman–Crippen MR) is 118 cm³/mol. The molecule has 0 aliphatic rings. The summed E-state index contributed by atoms with van der Waals surface area (Å²) in [6, 6.07) is 4.06. The maximum atomic E-state index is 4.72. The van der Waals surface area contributed by atoms with E-state index < -0.39 is 0 Å². The van der Waals surface area contributed by atoms with E-state index in [9.17, 15) is 0 Å². The molecule has 2 rings (SSSR count). The molecule has 2 aromatic heterocycles. The molecule has 0 aliphatic heterocycles. The highest BCUT2D eigenvalue weighted by Crippen LogP contribution is 2.09. The lowest BCUT2D eigenvalue weighted by molar-refractivity contribution is 0.470. The molecule has 0 amide bonds. The number of allylic oxidation sites excluding steroid dienone is 1. The number of hydrogen-bond acceptors (Lipinski definition) is 3. The Kier molecular flexibility index (Phi) is 9.93. The Balaban J connectivity index is 0.00000338. The van der Waals surface area contributed by atoms with E-state index in [0.29, 0.717) is 6.54 Å². The molecule has 0 fully saturated rings. The SMILES string of the molecule is C=CCCCN(C)C(=NCc1ccc(-n2ccnc2C)nc1)NCC.I. The molecule has 0 aromatic carbocycles. The smallest absolute Gasteiger partial charge is 0.193 e. The number of imidazole rings is 1. The lowest BCUT2D eigenvalue weighted by Crippen LogP contribution is -2.39. The Labute approximate surface area is 173 Å². The van der Waals surface area contributed by atoms with Crippen LogP contribution in [0.3, 0.4) is 0 Å². The van der Waals surface area contributed by atoms with Crippen molar-refractivity contribution in [2.45, 2.75) is 33.2 Å². The van der Waals surface area contributed by atoms with Gasteiger partial charge in [-0.1, -0.05) is 12.1 Å². The van der Waals surface area contributed by atoms with Crippen LogP contribution in [0.2, 0.25) is 0 Å². The summed E-state index contributed by atoms with van der Waals surface area (Å²) >= 11 is 0. The first-order valence-electron chi connectivity index (χ1n) is 8.71. The Bertz CT molecular complexity index is 692. The molecule has 0 aliphatic carbocycles. The van der Waals surface area contributed by atoms with E-state index in [2.05, 4.69) is 46.8 Å². The molecule has 2 aromatic rings. The minimum absolute atomic E-state index is 0. The Morgan fingerprint density at radius 1 is 1.38 bits per heavy atom. The molecule has 0 saturated carbocycles. The van der Waals surface area contributed by atoms with Gasteiger partial charge in [-0.3, -0.25) is 4.57 Å². The second-order valence-corrected chi connectivity index (χ2v) is 5.89. The van der Waals surface area contributed by atoms with Gasteiger partial charge in [0.05, 0.1) is 6.54 Å². The molecule has 1 N–H and O–H groups in total. The summed E-state index contributed by atoms with van der Waals surface area (Å²) < 4.78 is 1.96. The highest BCUT2D eigenvalue weighted by Gasteiger charge is 2.05. The number of nitrogens with zero attached hydrogens (tertiary/aromatic N) is 5. The van der Waals surface area contributed by atoms with E-state index in [0.717, 1.165) is 49.1 Å². The minimum atomic E-state index is 0. The van der Waals surface area contributed by atoms with Crippen molar-refractivity contribution < 1.29 is 0 Å². The highest BCUT2D eigenvalue weighted by molar-refractivity contribution is 14.0. The van der Waals surface area contributed by atoms with Gasteiger partial charge in [-0.15, -0.1) is 30.6 Å². The van der Waals surface area contributed by atoms with E-state index >= 15 is 0 Å². The van der Waals surface area contributed by atoms with Crippen molar-refractivity contribution in [3.63, 3.8) is 0 Å². The van der Waals surface area contributed by atoms with Crippen LogP contribution in [0.25, 0.3) is 5.82 Å². The number of aromatic nitrogens is 3. The number of unbranched alkanes of at least 4 members (excludes halogenated alkanes) is 1. The molecule has 26 heavy (non-hydrogen) atoms. The van der Waals surface area contributed by atoms with Crippen molar-refractivity contribution in [3.8, 4) is 5.82 Å². The van der Waals surface area contributed by atoms with Crippen LogP contribution in [0.5, 0.6) is 0 Å². The van der Waals surface area contributed by atoms with Crippen LogP contribution >= 0.6 is 24.0 Å². The zero-order chi connectivity index (χ0) is 18.1. The normalized spacial score (nSPS) is 11.0. The molecule has 7 heteroatoms. The summed E-state index contributed by atoms with van der Waals surface area (Å²) in [5, 5.41) is 3.34. The summed E-state index contributed by atoms with van der Waals surface area (Å²) in [5.74, 6) is 2.71. The molecule has 0 spiro atoms. The van der Waals surface area contributed by atoms with Gasteiger partial charge >= 0.3 is 0 Å². The first-order valence-corrected chi connectivity index (χ1v) is 8.71. The Morgan fingerprint density at radius 2 is 2.19 bits per heavy atom. The third kappa shape index (κ3) is 6.44. The number of aryl methyl sites for hydroxylation is 1. The second kappa shape index (κ2) is 11.7. The molecule has 0 bridgehead atoms. The van der Waals surface area contributed by atoms with Crippen LogP contribution < -0.4 is 5.32 Å². The van der Waals surface area contributed by atoms with E-state index in [-0.39, 0.29) is 24.0 Å². The molecular weight excluding hydrogens is 439 g/mol. The van der Waals surface area contributed by atoms with E-state index in [4.69, 9.17) is 4.99 Å². The first-order chi connectivity index (χ1) is 12.2. The van der Waals surface area contributed by atoms with Crippen LogP contribution in [0, 0.1) is 6.92 Å². The molecule has 0 unspecified atom stereocenters. The third-order valence-electron chi connectivity index (χ3n) is 3.89. The van der Waals surface area contributed by atoms with Crippen molar-refractivity contribution in [1.29, 1.82) is 0 Å². The number of aliphatic imine (C=N–C) groups is 1. The lowest BCUT2D eigenvalue weighted by Gasteiger charge is -2.21. The van der Waals surface area contributed by atoms with Crippen molar-refractivity contribution in [2.24, 2.45) is 4.99 Å². The molecule has 0 radical (unpaired) electrons. The fourth-order valence-corrected chi connectivity index (χ4v) is 2.49. The fourth-order valence-electron chi connectivity index (χ4n) is 2.49. The van der Waals surface area contributed by atoms with Gasteiger partial charge in [0.15, 0.2) is 5.96 Å². The minimum Gasteiger partial charge on any atom is -0.357 e. The van der Waals surface area contributed by atoms with Crippen molar-refractivity contribution in [2.75, 3.05) is 20.1 Å². The number of guanidine groups is 1. The quantitative estimate of drug-likeness (QED) is 0.212. The largest absolute Gasteiger partial charge is 0.357 e. The van der Waals surface area contributed by atoms with Gasteiger partial charge in [-0.05, 0) is 38.3 Å². The van der Waals surface area contributed by atoms with E-state index in [1.807, 2.05) is 36.0 Å². The summed E-state index contributed by atoms with van der Waals surface area (Å²) in [6.07, 6.45) is 9.61. The standard InChI is InChI=1S/C19H28N6.HI/c1-5-7-8-12-24(4)19(20-6-2)23-15-17-9-10-18(22-14-17)25-13-11-21-16(25)3;/h5,9-11,13-14H,1,6-8,12,15H2,2-4H3,(H,20,23);1H. The molecule has 2 heterocycles. The monoisotopic (exact) mass is 468 g/mol. The van der Waals surface area contributed by atoms with Gasteiger partial charge < -0.3 is 10.2 Å². The maximum Gasteiger partial charge on any atom is 0.193 e. The lowest BCUT2D eigenvalue weighted by atomic mass is 10.3. The predicted octanol–water partition coefficient (Wildman–Crippen LogP) is 3.56.